The molecule has 0 radical (unpaired) electrons. The third-order valence-corrected chi connectivity index (χ3v) is 4.12. The average Bonchev–Trinajstić information content (AvgIpc) is 2.50. The smallest absolute Gasteiger partial charge is 0.224 e. The van der Waals surface area contributed by atoms with Crippen LogP contribution in [0.3, 0.4) is 0 Å². The van der Waals surface area contributed by atoms with Crippen LogP contribution in [0.2, 0.25) is 0 Å². The zero-order valence-corrected chi connectivity index (χ0v) is 13.2. The predicted octanol–water partition coefficient (Wildman–Crippen LogP) is 3.08. The summed E-state index contributed by atoms with van der Waals surface area (Å²) in [5, 5.41) is 3.23. The lowest BCUT2D eigenvalue weighted by atomic mass is 9.84. The van der Waals surface area contributed by atoms with Crippen LogP contribution in [0.15, 0.2) is 0 Å². The second kappa shape index (κ2) is 7.28. The number of nitrogens with one attached hydrogen (secondary N) is 1. The van der Waals surface area contributed by atoms with Crippen molar-refractivity contribution in [2.45, 2.75) is 72.3 Å². The normalized spacial score (nSPS) is 26.6. The Balaban J connectivity index is 2.47. The van der Waals surface area contributed by atoms with Crippen LogP contribution in [0, 0.1) is 17.3 Å². The predicted molar refractivity (Wildman–Crippen MR) is 80.8 cm³/mol. The van der Waals surface area contributed by atoms with Crippen LogP contribution in [-0.2, 0) is 4.79 Å². The van der Waals surface area contributed by atoms with Gasteiger partial charge in [-0.1, -0.05) is 40.5 Å². The first-order chi connectivity index (χ1) is 8.81. The molecule has 19 heavy (non-hydrogen) atoms. The molecule has 1 amide bonds. The zero-order valence-electron chi connectivity index (χ0n) is 13.2. The van der Waals surface area contributed by atoms with Gasteiger partial charge in [0.1, 0.15) is 0 Å². The van der Waals surface area contributed by atoms with Gasteiger partial charge in [-0.3, -0.25) is 4.79 Å². The van der Waals surface area contributed by atoms with E-state index in [0.29, 0.717) is 12.6 Å². The van der Waals surface area contributed by atoms with Gasteiger partial charge >= 0.3 is 0 Å². The molecule has 3 atom stereocenters. The molecule has 1 saturated carbocycles. The van der Waals surface area contributed by atoms with Crippen molar-refractivity contribution in [3.05, 3.63) is 0 Å². The van der Waals surface area contributed by atoms with Gasteiger partial charge in [0.25, 0.3) is 0 Å². The summed E-state index contributed by atoms with van der Waals surface area (Å²) >= 11 is 0. The molecule has 1 aliphatic carbocycles. The quantitative estimate of drug-likeness (QED) is 0.770. The minimum Gasteiger partial charge on any atom is -0.353 e. The number of carbonyl (C=O) groups is 1. The molecule has 0 saturated heterocycles. The molecule has 3 N–H and O–H groups in total. The number of hydrogen-bond donors (Lipinski definition) is 2. The molecule has 0 heterocycles. The number of rotatable bonds is 4. The van der Waals surface area contributed by atoms with Crippen molar-refractivity contribution in [1.82, 2.24) is 5.32 Å². The minimum absolute atomic E-state index is 0.0410. The highest BCUT2D eigenvalue weighted by Gasteiger charge is 2.26. The van der Waals surface area contributed by atoms with E-state index in [0.717, 1.165) is 25.2 Å². The van der Waals surface area contributed by atoms with Crippen LogP contribution in [-0.4, -0.2) is 18.5 Å². The van der Waals surface area contributed by atoms with Crippen molar-refractivity contribution in [3.63, 3.8) is 0 Å². The average molecular weight is 268 g/mol. The Bertz CT molecular complexity index is 283. The molecular formula is C16H32N2O. The lowest BCUT2D eigenvalue weighted by molar-refractivity contribution is -0.126. The summed E-state index contributed by atoms with van der Waals surface area (Å²) in [6, 6.07) is 0.367. The van der Waals surface area contributed by atoms with E-state index in [1.165, 1.54) is 19.3 Å². The van der Waals surface area contributed by atoms with Gasteiger partial charge in [0.15, 0.2) is 0 Å². The molecule has 0 aromatic carbocycles. The Kier molecular flexibility index (Phi) is 6.31. The van der Waals surface area contributed by atoms with Gasteiger partial charge in [0.2, 0.25) is 5.91 Å². The van der Waals surface area contributed by atoms with Crippen molar-refractivity contribution in [2.75, 3.05) is 6.54 Å². The van der Waals surface area contributed by atoms with Gasteiger partial charge in [0, 0.05) is 12.6 Å². The summed E-state index contributed by atoms with van der Waals surface area (Å²) in [7, 11) is 0. The summed E-state index contributed by atoms with van der Waals surface area (Å²) in [6.45, 7) is 9.25. The first kappa shape index (κ1) is 16.5. The number of carbonyl (C=O) groups excluding carboxylic acids is 1. The zero-order chi connectivity index (χ0) is 14.5. The number of nitrogens with two attached hydrogens (primary N) is 1. The monoisotopic (exact) mass is 268 g/mol. The van der Waals surface area contributed by atoms with E-state index >= 15 is 0 Å². The second-order valence-corrected chi connectivity index (χ2v) is 7.52. The maximum atomic E-state index is 12.3. The third kappa shape index (κ3) is 6.42. The van der Waals surface area contributed by atoms with E-state index in [-0.39, 0.29) is 17.2 Å². The van der Waals surface area contributed by atoms with Gasteiger partial charge < -0.3 is 11.1 Å². The van der Waals surface area contributed by atoms with Crippen molar-refractivity contribution in [1.29, 1.82) is 0 Å². The van der Waals surface area contributed by atoms with Crippen LogP contribution < -0.4 is 11.1 Å². The molecule has 3 unspecified atom stereocenters. The fourth-order valence-electron chi connectivity index (χ4n) is 2.97. The Morgan fingerprint density at radius 3 is 2.53 bits per heavy atom. The molecule has 1 aliphatic rings. The molecule has 3 heteroatoms. The van der Waals surface area contributed by atoms with Crippen molar-refractivity contribution >= 4 is 5.91 Å². The molecule has 0 aliphatic heterocycles. The molecule has 3 nitrogen and oxygen atoms in total. The van der Waals surface area contributed by atoms with Gasteiger partial charge in [-0.15, -0.1) is 0 Å². The van der Waals surface area contributed by atoms with Gasteiger partial charge in [-0.05, 0) is 37.0 Å². The molecule has 1 fully saturated rings. The van der Waals surface area contributed by atoms with E-state index in [4.69, 9.17) is 5.73 Å². The highest BCUT2D eigenvalue weighted by molar-refractivity contribution is 5.79. The van der Waals surface area contributed by atoms with Crippen LogP contribution in [0.5, 0.6) is 0 Å². The van der Waals surface area contributed by atoms with Crippen molar-refractivity contribution in [2.24, 2.45) is 23.0 Å². The molecule has 0 spiro atoms. The van der Waals surface area contributed by atoms with E-state index in [9.17, 15) is 4.79 Å². The Hall–Kier alpha value is -0.570. The van der Waals surface area contributed by atoms with Gasteiger partial charge in [0.05, 0.1) is 5.92 Å². The van der Waals surface area contributed by atoms with E-state index in [2.05, 4.69) is 33.0 Å². The molecule has 0 bridgehead atoms. The van der Waals surface area contributed by atoms with Crippen LogP contribution in [0.1, 0.15) is 66.2 Å². The second-order valence-electron chi connectivity index (χ2n) is 7.52. The number of hydrogen-bond acceptors (Lipinski definition) is 2. The summed E-state index contributed by atoms with van der Waals surface area (Å²) in [6.07, 6.45) is 6.88. The largest absolute Gasteiger partial charge is 0.353 e. The fraction of sp³-hybridized carbons (Fsp3) is 0.938. The molecular weight excluding hydrogens is 236 g/mol. The van der Waals surface area contributed by atoms with Crippen molar-refractivity contribution in [3.8, 4) is 0 Å². The van der Waals surface area contributed by atoms with E-state index in [1.54, 1.807) is 0 Å². The highest BCUT2D eigenvalue weighted by Crippen LogP contribution is 2.26. The van der Waals surface area contributed by atoms with E-state index < -0.39 is 0 Å². The summed E-state index contributed by atoms with van der Waals surface area (Å²) in [5.74, 6) is 0.930. The van der Waals surface area contributed by atoms with Crippen LogP contribution >= 0.6 is 0 Å². The Labute approximate surface area is 118 Å². The van der Waals surface area contributed by atoms with Crippen LogP contribution in [0.25, 0.3) is 0 Å². The van der Waals surface area contributed by atoms with Crippen molar-refractivity contribution < 1.29 is 4.79 Å². The maximum absolute atomic E-state index is 12.3. The first-order valence-corrected chi connectivity index (χ1v) is 7.82. The summed E-state index contributed by atoms with van der Waals surface area (Å²) < 4.78 is 0. The molecule has 112 valence electrons. The minimum atomic E-state index is -0.0410. The lowest BCUT2D eigenvalue weighted by Gasteiger charge is -2.26. The standard InChI is InChI=1S/C16H32N2O/c1-12-6-5-7-14(9-8-12)18-15(19)13(11-17)10-16(2,3)4/h12-14H,5-11,17H2,1-4H3,(H,18,19). The lowest BCUT2D eigenvalue weighted by Crippen LogP contribution is -2.42. The highest BCUT2D eigenvalue weighted by atomic mass is 16.1. The summed E-state index contributed by atoms with van der Waals surface area (Å²) in [5.41, 5.74) is 5.93. The van der Waals surface area contributed by atoms with Gasteiger partial charge in [-0.2, -0.15) is 0 Å². The Morgan fingerprint density at radius 2 is 1.95 bits per heavy atom. The first-order valence-electron chi connectivity index (χ1n) is 7.82. The Morgan fingerprint density at radius 1 is 1.26 bits per heavy atom. The topological polar surface area (TPSA) is 55.1 Å². The van der Waals surface area contributed by atoms with Gasteiger partial charge in [-0.25, -0.2) is 0 Å². The molecule has 1 rings (SSSR count). The van der Waals surface area contributed by atoms with E-state index in [1.807, 2.05) is 0 Å². The SMILES string of the molecule is CC1CCCC(NC(=O)C(CN)CC(C)(C)C)CC1. The number of amides is 1. The molecule has 0 aromatic rings. The fourth-order valence-corrected chi connectivity index (χ4v) is 2.97. The van der Waals surface area contributed by atoms with Crippen LogP contribution in [0.4, 0.5) is 0 Å². The maximum Gasteiger partial charge on any atom is 0.224 e. The summed E-state index contributed by atoms with van der Waals surface area (Å²) in [4.78, 5) is 12.3. The molecule has 0 aromatic heterocycles. The third-order valence-electron chi connectivity index (χ3n) is 4.12.